The van der Waals surface area contributed by atoms with E-state index >= 15 is 0 Å². The van der Waals surface area contributed by atoms with Crippen molar-refractivity contribution < 1.29 is 4.79 Å². The van der Waals surface area contributed by atoms with E-state index in [1.807, 2.05) is 24.3 Å². The van der Waals surface area contributed by atoms with Gasteiger partial charge in [0.15, 0.2) is 0 Å². The van der Waals surface area contributed by atoms with Crippen LogP contribution in [-0.2, 0) is 4.79 Å². The number of hydrogen-bond acceptors (Lipinski definition) is 2. The second kappa shape index (κ2) is 4.67. The summed E-state index contributed by atoms with van der Waals surface area (Å²) in [6, 6.07) is 8.97. The minimum Gasteiger partial charge on any atom is -0.336 e. The fraction of sp³-hybridized carbons (Fsp3) is 0.333. The van der Waals surface area contributed by atoms with Gasteiger partial charge >= 0.3 is 0 Å². The SMILES string of the molecule is N#CC(NC(=O)C1CC1)c1ccc(Br)cc1. The molecule has 0 radical (unpaired) electrons. The number of benzene rings is 1. The van der Waals surface area contributed by atoms with E-state index in [0.29, 0.717) is 0 Å². The summed E-state index contributed by atoms with van der Waals surface area (Å²) in [6.45, 7) is 0. The zero-order valence-corrected chi connectivity index (χ0v) is 10.2. The van der Waals surface area contributed by atoms with Crippen LogP contribution in [0, 0.1) is 17.2 Å². The first-order valence-electron chi connectivity index (χ1n) is 5.16. The molecule has 1 aliphatic rings. The maximum absolute atomic E-state index is 11.5. The number of carbonyl (C=O) groups is 1. The van der Waals surface area contributed by atoms with Crippen LogP contribution in [0.1, 0.15) is 24.4 Å². The summed E-state index contributed by atoms with van der Waals surface area (Å²) >= 11 is 3.33. The van der Waals surface area contributed by atoms with Crippen LogP contribution < -0.4 is 5.32 Å². The lowest BCUT2D eigenvalue weighted by atomic mass is 10.1. The Kier molecular flexibility index (Phi) is 3.25. The summed E-state index contributed by atoms with van der Waals surface area (Å²) < 4.78 is 0.960. The van der Waals surface area contributed by atoms with Gasteiger partial charge in [0.1, 0.15) is 6.04 Å². The van der Waals surface area contributed by atoms with E-state index in [0.717, 1.165) is 22.9 Å². The number of carbonyl (C=O) groups excluding carboxylic acids is 1. The maximum Gasteiger partial charge on any atom is 0.224 e. The molecular formula is C12H11BrN2O. The molecule has 1 aliphatic carbocycles. The van der Waals surface area contributed by atoms with E-state index in [9.17, 15) is 4.79 Å². The highest BCUT2D eigenvalue weighted by Crippen LogP contribution is 2.29. The van der Waals surface area contributed by atoms with Crippen molar-refractivity contribution in [1.29, 1.82) is 5.26 Å². The normalized spacial score (nSPS) is 16.2. The lowest BCUT2D eigenvalue weighted by Crippen LogP contribution is -2.28. The van der Waals surface area contributed by atoms with Crippen LogP contribution in [-0.4, -0.2) is 5.91 Å². The average Bonchev–Trinajstić information content (AvgIpc) is 3.11. The molecule has 1 amide bonds. The first-order chi connectivity index (χ1) is 7.70. The summed E-state index contributed by atoms with van der Waals surface area (Å²) in [5.41, 5.74) is 0.819. The average molecular weight is 279 g/mol. The van der Waals surface area contributed by atoms with E-state index in [4.69, 9.17) is 5.26 Å². The van der Waals surface area contributed by atoms with Crippen molar-refractivity contribution in [1.82, 2.24) is 5.32 Å². The fourth-order valence-electron chi connectivity index (χ4n) is 1.45. The van der Waals surface area contributed by atoms with Gasteiger partial charge in [-0.3, -0.25) is 4.79 Å². The van der Waals surface area contributed by atoms with Gasteiger partial charge in [0.05, 0.1) is 6.07 Å². The van der Waals surface area contributed by atoms with Gasteiger partial charge in [-0.1, -0.05) is 28.1 Å². The second-order valence-corrected chi connectivity index (χ2v) is 4.81. The molecule has 4 heteroatoms. The van der Waals surface area contributed by atoms with Crippen molar-refractivity contribution in [2.24, 2.45) is 5.92 Å². The Morgan fingerprint density at radius 3 is 2.56 bits per heavy atom. The van der Waals surface area contributed by atoms with Crippen molar-refractivity contribution in [3.63, 3.8) is 0 Å². The summed E-state index contributed by atoms with van der Waals surface area (Å²) in [6.07, 6.45) is 1.90. The molecule has 1 atom stereocenters. The zero-order valence-electron chi connectivity index (χ0n) is 8.61. The third kappa shape index (κ3) is 2.61. The third-order valence-corrected chi connectivity index (χ3v) is 3.10. The molecule has 0 aliphatic heterocycles. The molecule has 0 saturated heterocycles. The van der Waals surface area contributed by atoms with E-state index in [1.165, 1.54) is 0 Å². The van der Waals surface area contributed by atoms with Crippen LogP contribution in [0.25, 0.3) is 0 Å². The van der Waals surface area contributed by atoms with Gasteiger partial charge in [0, 0.05) is 10.4 Å². The fourth-order valence-corrected chi connectivity index (χ4v) is 1.72. The molecule has 3 nitrogen and oxygen atoms in total. The van der Waals surface area contributed by atoms with E-state index in [-0.39, 0.29) is 11.8 Å². The first-order valence-corrected chi connectivity index (χ1v) is 5.95. The Balaban J connectivity index is 2.07. The molecular weight excluding hydrogens is 268 g/mol. The second-order valence-electron chi connectivity index (χ2n) is 3.90. The van der Waals surface area contributed by atoms with Crippen LogP contribution in [0.15, 0.2) is 28.7 Å². The molecule has 0 heterocycles. The van der Waals surface area contributed by atoms with Crippen LogP contribution in [0.5, 0.6) is 0 Å². The van der Waals surface area contributed by atoms with Crippen LogP contribution in [0.2, 0.25) is 0 Å². The smallest absolute Gasteiger partial charge is 0.224 e. The van der Waals surface area contributed by atoms with Gasteiger partial charge in [0.25, 0.3) is 0 Å². The number of nitrogens with one attached hydrogen (secondary N) is 1. The Labute approximate surface area is 103 Å². The Morgan fingerprint density at radius 2 is 2.06 bits per heavy atom. The number of nitrogens with zero attached hydrogens (tertiary/aromatic N) is 1. The number of hydrogen-bond donors (Lipinski definition) is 1. The van der Waals surface area contributed by atoms with Crippen molar-refractivity contribution in [3.05, 3.63) is 34.3 Å². The number of rotatable bonds is 3. The van der Waals surface area contributed by atoms with Gasteiger partial charge < -0.3 is 5.32 Å². The highest BCUT2D eigenvalue weighted by Gasteiger charge is 2.31. The van der Waals surface area contributed by atoms with Gasteiger partial charge in [-0.25, -0.2) is 0 Å². The summed E-state index contributed by atoms with van der Waals surface area (Å²) in [5, 5.41) is 11.8. The lowest BCUT2D eigenvalue weighted by molar-refractivity contribution is -0.122. The van der Waals surface area contributed by atoms with E-state index in [2.05, 4.69) is 27.3 Å². The third-order valence-electron chi connectivity index (χ3n) is 2.57. The van der Waals surface area contributed by atoms with Gasteiger partial charge in [-0.2, -0.15) is 5.26 Å². The molecule has 82 valence electrons. The Morgan fingerprint density at radius 1 is 1.44 bits per heavy atom. The first kappa shape index (κ1) is 11.2. The largest absolute Gasteiger partial charge is 0.336 e. The minimum atomic E-state index is -0.541. The van der Waals surface area contributed by atoms with Gasteiger partial charge in [0.2, 0.25) is 5.91 Å². The number of nitriles is 1. The highest BCUT2D eigenvalue weighted by atomic mass is 79.9. The Bertz CT molecular complexity index is 431. The monoisotopic (exact) mass is 278 g/mol. The molecule has 1 saturated carbocycles. The minimum absolute atomic E-state index is 0.00512. The highest BCUT2D eigenvalue weighted by molar-refractivity contribution is 9.10. The van der Waals surface area contributed by atoms with Crippen molar-refractivity contribution in [2.45, 2.75) is 18.9 Å². The molecule has 16 heavy (non-hydrogen) atoms. The van der Waals surface area contributed by atoms with E-state index < -0.39 is 6.04 Å². The topological polar surface area (TPSA) is 52.9 Å². The van der Waals surface area contributed by atoms with Crippen LogP contribution in [0.4, 0.5) is 0 Å². The van der Waals surface area contributed by atoms with Crippen molar-refractivity contribution >= 4 is 21.8 Å². The van der Waals surface area contributed by atoms with E-state index in [1.54, 1.807) is 0 Å². The lowest BCUT2D eigenvalue weighted by Gasteiger charge is -2.11. The summed E-state index contributed by atoms with van der Waals surface area (Å²) in [5.74, 6) is 0.126. The molecule has 1 fully saturated rings. The quantitative estimate of drug-likeness (QED) is 0.924. The predicted molar refractivity (Wildman–Crippen MR) is 63.4 cm³/mol. The molecule has 0 spiro atoms. The summed E-state index contributed by atoms with van der Waals surface area (Å²) in [4.78, 5) is 11.5. The molecule has 1 aromatic rings. The van der Waals surface area contributed by atoms with Gasteiger partial charge in [-0.05, 0) is 30.5 Å². The Hall–Kier alpha value is -1.34. The van der Waals surface area contributed by atoms with Crippen molar-refractivity contribution in [2.75, 3.05) is 0 Å². The molecule has 1 unspecified atom stereocenters. The zero-order chi connectivity index (χ0) is 11.5. The molecule has 0 aromatic heterocycles. The number of amides is 1. The molecule has 1 N–H and O–H groups in total. The molecule has 0 bridgehead atoms. The van der Waals surface area contributed by atoms with Crippen LogP contribution >= 0.6 is 15.9 Å². The predicted octanol–water partition coefficient (Wildman–Crippen LogP) is 2.54. The van der Waals surface area contributed by atoms with Crippen molar-refractivity contribution in [3.8, 4) is 6.07 Å². The van der Waals surface area contributed by atoms with Gasteiger partial charge in [-0.15, -0.1) is 0 Å². The number of halogens is 1. The summed E-state index contributed by atoms with van der Waals surface area (Å²) in [7, 11) is 0. The molecule has 1 aromatic carbocycles. The van der Waals surface area contributed by atoms with Crippen LogP contribution in [0.3, 0.4) is 0 Å². The standard InChI is InChI=1S/C12H11BrN2O/c13-10-5-3-8(4-6-10)11(7-14)15-12(16)9-1-2-9/h3-6,9,11H,1-2H2,(H,15,16). The molecule has 2 rings (SSSR count). The maximum atomic E-state index is 11.5.